The van der Waals surface area contributed by atoms with E-state index in [-0.39, 0.29) is 0 Å². The number of hydrogen-bond acceptors (Lipinski definition) is 4. The van der Waals surface area contributed by atoms with Crippen molar-refractivity contribution in [3.8, 4) is 0 Å². The Balaban J connectivity index is 4.46. The van der Waals surface area contributed by atoms with Crippen LogP contribution in [-0.4, -0.2) is 89.2 Å². The largest absolute Gasteiger partial charge is 0.416 e. The van der Waals surface area contributed by atoms with Crippen LogP contribution in [0.1, 0.15) is 40.5 Å². The predicted octanol–water partition coefficient (Wildman–Crippen LogP) is 3.14. The van der Waals surface area contributed by atoms with Crippen molar-refractivity contribution < 1.29 is 4.43 Å². The molecule has 0 amide bonds. The van der Waals surface area contributed by atoms with E-state index in [4.69, 9.17) is 4.43 Å². The summed E-state index contributed by atoms with van der Waals surface area (Å²) in [6.07, 6.45) is 3.70. The standard InChI is InChI=1S/C18H43N3OSi/c1-8-19(5)14-12-16-21(17-13-15-20(6)9-2)18-23(7,11-4)22-10-3/h8-18H2,1-7H3. The normalized spacial score (nSPS) is 14.9. The van der Waals surface area contributed by atoms with E-state index in [0.717, 1.165) is 19.7 Å². The fraction of sp³-hybridized carbons (Fsp3) is 1.00. The van der Waals surface area contributed by atoms with Crippen molar-refractivity contribution in [1.29, 1.82) is 0 Å². The first kappa shape index (κ1) is 23.1. The molecule has 0 fully saturated rings. The zero-order valence-corrected chi connectivity index (χ0v) is 18.0. The van der Waals surface area contributed by atoms with Gasteiger partial charge in [0, 0.05) is 12.8 Å². The molecular weight excluding hydrogens is 302 g/mol. The lowest BCUT2D eigenvalue weighted by atomic mass is 10.3. The van der Waals surface area contributed by atoms with Gasteiger partial charge in [0.25, 0.3) is 0 Å². The topological polar surface area (TPSA) is 19.0 Å². The Morgan fingerprint density at radius 3 is 1.61 bits per heavy atom. The molecule has 0 aliphatic carbocycles. The van der Waals surface area contributed by atoms with Crippen LogP contribution in [-0.2, 0) is 4.43 Å². The lowest BCUT2D eigenvalue weighted by Crippen LogP contribution is -2.48. The van der Waals surface area contributed by atoms with Gasteiger partial charge in [-0.15, -0.1) is 0 Å². The number of rotatable bonds is 15. The minimum atomic E-state index is -1.56. The second kappa shape index (κ2) is 13.4. The number of nitrogens with zero attached hydrogens (tertiary/aromatic N) is 3. The van der Waals surface area contributed by atoms with Crippen LogP contribution in [0.5, 0.6) is 0 Å². The van der Waals surface area contributed by atoms with E-state index in [9.17, 15) is 0 Å². The summed E-state index contributed by atoms with van der Waals surface area (Å²) in [4.78, 5) is 7.49. The third-order valence-electron chi connectivity index (χ3n) is 4.91. The quantitative estimate of drug-likeness (QED) is 0.424. The first-order valence-electron chi connectivity index (χ1n) is 9.64. The molecule has 1 atom stereocenters. The molecule has 0 saturated heterocycles. The van der Waals surface area contributed by atoms with Crippen LogP contribution in [0.15, 0.2) is 0 Å². The van der Waals surface area contributed by atoms with Crippen LogP contribution in [0.2, 0.25) is 12.6 Å². The molecule has 0 saturated carbocycles. The highest BCUT2D eigenvalue weighted by Gasteiger charge is 2.29. The Kier molecular flexibility index (Phi) is 13.4. The molecule has 0 rings (SSSR count). The molecule has 0 aromatic heterocycles. The van der Waals surface area contributed by atoms with E-state index in [2.05, 4.69) is 63.0 Å². The van der Waals surface area contributed by atoms with Gasteiger partial charge in [-0.05, 0) is 85.7 Å². The lowest BCUT2D eigenvalue weighted by molar-refractivity contribution is 0.234. The van der Waals surface area contributed by atoms with Gasteiger partial charge < -0.3 is 19.1 Å². The summed E-state index contributed by atoms with van der Waals surface area (Å²) < 4.78 is 6.18. The van der Waals surface area contributed by atoms with Gasteiger partial charge in [0.1, 0.15) is 0 Å². The van der Waals surface area contributed by atoms with Crippen molar-refractivity contribution in [2.24, 2.45) is 0 Å². The third kappa shape index (κ3) is 11.3. The summed E-state index contributed by atoms with van der Waals surface area (Å²) >= 11 is 0. The molecule has 5 heteroatoms. The van der Waals surface area contributed by atoms with Crippen molar-refractivity contribution in [3.05, 3.63) is 0 Å². The van der Waals surface area contributed by atoms with Crippen LogP contribution in [0.4, 0.5) is 0 Å². The first-order valence-corrected chi connectivity index (χ1v) is 12.5. The van der Waals surface area contributed by atoms with E-state index >= 15 is 0 Å². The average Bonchev–Trinajstić information content (AvgIpc) is 2.54. The maximum absolute atomic E-state index is 6.18. The second-order valence-electron chi connectivity index (χ2n) is 7.01. The summed E-state index contributed by atoms with van der Waals surface area (Å²) in [6.45, 7) is 19.2. The highest BCUT2D eigenvalue weighted by atomic mass is 28.4. The molecule has 0 aliphatic heterocycles. The van der Waals surface area contributed by atoms with Gasteiger partial charge in [0.15, 0.2) is 0 Å². The van der Waals surface area contributed by atoms with Gasteiger partial charge in [0.05, 0.1) is 0 Å². The average molecular weight is 346 g/mol. The van der Waals surface area contributed by atoms with Crippen LogP contribution in [0, 0.1) is 0 Å². The van der Waals surface area contributed by atoms with E-state index < -0.39 is 8.32 Å². The predicted molar refractivity (Wildman–Crippen MR) is 106 cm³/mol. The van der Waals surface area contributed by atoms with Gasteiger partial charge in [-0.1, -0.05) is 20.8 Å². The highest BCUT2D eigenvalue weighted by Crippen LogP contribution is 2.14. The van der Waals surface area contributed by atoms with Crippen LogP contribution < -0.4 is 0 Å². The Bertz CT molecular complexity index is 265. The lowest BCUT2D eigenvalue weighted by Gasteiger charge is -2.33. The minimum Gasteiger partial charge on any atom is -0.416 e. The van der Waals surface area contributed by atoms with E-state index in [1.807, 2.05) is 0 Å². The summed E-state index contributed by atoms with van der Waals surface area (Å²) in [7, 11) is 2.87. The molecule has 0 aromatic carbocycles. The molecule has 4 nitrogen and oxygen atoms in total. The van der Waals surface area contributed by atoms with Crippen molar-refractivity contribution >= 4 is 8.32 Å². The molecule has 0 aliphatic rings. The van der Waals surface area contributed by atoms with Gasteiger partial charge in [-0.25, -0.2) is 0 Å². The molecule has 23 heavy (non-hydrogen) atoms. The highest BCUT2D eigenvalue weighted by molar-refractivity contribution is 6.72. The minimum absolute atomic E-state index is 0.863. The maximum Gasteiger partial charge on any atom is 0.203 e. The third-order valence-corrected chi connectivity index (χ3v) is 8.50. The van der Waals surface area contributed by atoms with Gasteiger partial charge in [-0.2, -0.15) is 0 Å². The van der Waals surface area contributed by atoms with Crippen molar-refractivity contribution in [1.82, 2.24) is 14.7 Å². The summed E-state index contributed by atoms with van der Waals surface area (Å²) in [5.41, 5.74) is 0. The molecule has 0 radical (unpaired) electrons. The first-order chi connectivity index (χ1) is 10.9. The van der Waals surface area contributed by atoms with Crippen LogP contribution in [0.3, 0.4) is 0 Å². The molecular formula is C18H43N3OSi. The molecule has 0 heterocycles. The molecule has 1 unspecified atom stereocenters. The zero-order chi connectivity index (χ0) is 17.7. The summed E-state index contributed by atoms with van der Waals surface area (Å²) in [5, 5.41) is 0. The molecule has 0 N–H and O–H groups in total. The zero-order valence-electron chi connectivity index (χ0n) is 17.0. The fourth-order valence-corrected chi connectivity index (χ4v) is 5.27. The summed E-state index contributed by atoms with van der Waals surface area (Å²) in [5.74, 6) is 0. The monoisotopic (exact) mass is 345 g/mol. The van der Waals surface area contributed by atoms with Crippen LogP contribution >= 0.6 is 0 Å². The smallest absolute Gasteiger partial charge is 0.203 e. The SMILES string of the molecule is CCO[Si](C)(CC)CN(CCCN(C)CC)CCCN(C)CC. The van der Waals surface area contributed by atoms with Crippen LogP contribution in [0.25, 0.3) is 0 Å². The summed E-state index contributed by atoms with van der Waals surface area (Å²) in [6, 6.07) is 1.21. The number of hydrogen-bond donors (Lipinski definition) is 0. The Morgan fingerprint density at radius 1 is 0.783 bits per heavy atom. The van der Waals surface area contributed by atoms with E-state index in [1.54, 1.807) is 0 Å². The molecule has 0 spiro atoms. The van der Waals surface area contributed by atoms with Crippen molar-refractivity contribution in [2.45, 2.75) is 53.1 Å². The van der Waals surface area contributed by atoms with E-state index in [1.165, 1.54) is 51.2 Å². The van der Waals surface area contributed by atoms with Gasteiger partial charge >= 0.3 is 0 Å². The Labute approximate surface area is 147 Å². The fourth-order valence-electron chi connectivity index (χ4n) is 2.80. The Hall–Kier alpha value is 0.0569. The molecule has 0 aromatic rings. The Morgan fingerprint density at radius 2 is 1.26 bits per heavy atom. The van der Waals surface area contributed by atoms with Crippen molar-refractivity contribution in [2.75, 3.05) is 66.1 Å². The maximum atomic E-state index is 6.18. The molecule has 140 valence electrons. The van der Waals surface area contributed by atoms with Crippen molar-refractivity contribution in [3.63, 3.8) is 0 Å². The second-order valence-corrected chi connectivity index (χ2v) is 11.2. The molecule has 0 bridgehead atoms. The van der Waals surface area contributed by atoms with Gasteiger partial charge in [-0.3, -0.25) is 0 Å². The van der Waals surface area contributed by atoms with E-state index in [0.29, 0.717) is 0 Å². The van der Waals surface area contributed by atoms with Gasteiger partial charge in [0.2, 0.25) is 8.32 Å².